The molecule has 1 aromatic rings. The van der Waals surface area contributed by atoms with Crippen molar-refractivity contribution in [1.29, 1.82) is 15.8 Å². The van der Waals surface area contributed by atoms with E-state index in [1.165, 1.54) is 0 Å². The van der Waals surface area contributed by atoms with E-state index in [1.807, 2.05) is 31.2 Å². The highest BCUT2D eigenvalue weighted by molar-refractivity contribution is 5.60. The van der Waals surface area contributed by atoms with Crippen molar-refractivity contribution in [3.8, 4) is 29.7 Å². The van der Waals surface area contributed by atoms with E-state index in [4.69, 9.17) is 15.2 Å². The number of rotatable bonds is 6. The van der Waals surface area contributed by atoms with Gasteiger partial charge >= 0.3 is 0 Å². The molecule has 0 aromatic heterocycles. The van der Waals surface area contributed by atoms with E-state index in [0.717, 1.165) is 24.1 Å². The molecule has 0 fully saturated rings. The number of nitriles is 3. The maximum Gasteiger partial charge on any atom is 0.191 e. The standard InChI is InChI=1S/C24H27N5O2/c1-4-10-31-20-7-6-16(11-21(20)30-3)22-19-13-29(5-2)9-8-17(19)18(12-25)23(28)24(22,14-26)15-27/h6-8,11,19,22H,4-5,9-10,13,28H2,1-3H3/t19-,22-/m1/s1. The normalized spacial score (nSPS) is 22.4. The Labute approximate surface area is 183 Å². The van der Waals surface area contributed by atoms with Crippen molar-refractivity contribution in [2.24, 2.45) is 17.1 Å². The second-order valence-corrected chi connectivity index (χ2v) is 7.79. The number of hydrogen-bond acceptors (Lipinski definition) is 7. The fourth-order valence-electron chi connectivity index (χ4n) is 4.58. The van der Waals surface area contributed by atoms with Crippen molar-refractivity contribution in [2.45, 2.75) is 26.2 Å². The molecular formula is C24H27N5O2. The Kier molecular flexibility index (Phi) is 6.54. The van der Waals surface area contributed by atoms with Gasteiger partial charge < -0.3 is 15.2 Å². The molecule has 1 aliphatic heterocycles. The van der Waals surface area contributed by atoms with Crippen LogP contribution in [0.15, 0.2) is 41.1 Å². The van der Waals surface area contributed by atoms with Gasteiger partial charge in [-0.3, -0.25) is 4.90 Å². The van der Waals surface area contributed by atoms with Crippen molar-refractivity contribution in [2.75, 3.05) is 33.4 Å². The molecule has 160 valence electrons. The molecular weight excluding hydrogens is 390 g/mol. The van der Waals surface area contributed by atoms with Crippen LogP contribution in [0.2, 0.25) is 0 Å². The first kappa shape index (κ1) is 22.2. The summed E-state index contributed by atoms with van der Waals surface area (Å²) in [4.78, 5) is 2.23. The summed E-state index contributed by atoms with van der Waals surface area (Å²) in [5.41, 5.74) is 6.58. The van der Waals surface area contributed by atoms with Crippen molar-refractivity contribution >= 4 is 0 Å². The summed E-state index contributed by atoms with van der Waals surface area (Å²) in [6, 6.07) is 12.0. The minimum absolute atomic E-state index is 0.0303. The van der Waals surface area contributed by atoms with Crippen LogP contribution in [0.3, 0.4) is 0 Å². The second-order valence-electron chi connectivity index (χ2n) is 7.79. The summed E-state index contributed by atoms with van der Waals surface area (Å²) in [6.45, 7) is 6.81. The molecule has 0 radical (unpaired) electrons. The van der Waals surface area contributed by atoms with Gasteiger partial charge in [-0.15, -0.1) is 0 Å². The molecule has 7 heteroatoms. The molecule has 0 spiro atoms. The quantitative estimate of drug-likeness (QED) is 0.754. The minimum atomic E-state index is -1.65. The molecule has 1 aliphatic carbocycles. The van der Waals surface area contributed by atoms with Crippen molar-refractivity contribution < 1.29 is 9.47 Å². The topological polar surface area (TPSA) is 119 Å². The highest BCUT2D eigenvalue weighted by atomic mass is 16.5. The van der Waals surface area contributed by atoms with Gasteiger partial charge in [0.05, 0.1) is 37.1 Å². The van der Waals surface area contributed by atoms with E-state index in [1.54, 1.807) is 7.11 Å². The molecule has 7 nitrogen and oxygen atoms in total. The molecule has 2 atom stereocenters. The maximum atomic E-state index is 10.2. The molecule has 2 aliphatic rings. The summed E-state index contributed by atoms with van der Waals surface area (Å²) in [7, 11) is 1.56. The van der Waals surface area contributed by atoms with Crippen LogP contribution in [0.5, 0.6) is 11.5 Å². The lowest BCUT2D eigenvalue weighted by Crippen LogP contribution is -2.48. The van der Waals surface area contributed by atoms with Gasteiger partial charge in [-0.2, -0.15) is 15.8 Å². The number of fused-ring (bicyclic) bond motifs is 1. The van der Waals surface area contributed by atoms with Gasteiger partial charge in [0, 0.05) is 24.9 Å². The largest absolute Gasteiger partial charge is 0.493 e. The molecule has 0 unspecified atom stereocenters. The monoisotopic (exact) mass is 417 g/mol. The molecule has 0 amide bonds. The first-order valence-corrected chi connectivity index (χ1v) is 10.5. The number of hydrogen-bond donors (Lipinski definition) is 1. The van der Waals surface area contributed by atoms with Crippen LogP contribution in [-0.4, -0.2) is 38.3 Å². The molecule has 0 bridgehead atoms. The fraction of sp³-hybridized carbons (Fsp3) is 0.458. The summed E-state index contributed by atoms with van der Waals surface area (Å²) < 4.78 is 11.3. The summed E-state index contributed by atoms with van der Waals surface area (Å²) in [6.07, 6.45) is 2.87. The lowest BCUT2D eigenvalue weighted by molar-refractivity contribution is 0.214. The minimum Gasteiger partial charge on any atom is -0.493 e. The highest BCUT2D eigenvalue weighted by Crippen LogP contribution is 2.54. The van der Waals surface area contributed by atoms with Crippen LogP contribution in [0.4, 0.5) is 0 Å². The van der Waals surface area contributed by atoms with Gasteiger partial charge in [0.2, 0.25) is 0 Å². The SMILES string of the molecule is CCCOc1ccc([C@@H]2[C@@H]3CN(CC)CC=C3C(C#N)=C(N)C2(C#N)C#N)cc1OC. The van der Waals surface area contributed by atoms with Crippen molar-refractivity contribution in [1.82, 2.24) is 4.90 Å². The van der Waals surface area contributed by atoms with Crippen LogP contribution < -0.4 is 15.2 Å². The Morgan fingerprint density at radius 1 is 1.19 bits per heavy atom. The number of likely N-dealkylation sites (N-methyl/N-ethyl adjacent to an activating group) is 1. The zero-order valence-electron chi connectivity index (χ0n) is 18.2. The van der Waals surface area contributed by atoms with E-state index >= 15 is 0 Å². The predicted molar refractivity (Wildman–Crippen MR) is 116 cm³/mol. The number of methoxy groups -OCH3 is 1. The third kappa shape index (κ3) is 3.61. The highest BCUT2D eigenvalue weighted by Gasteiger charge is 2.54. The first-order chi connectivity index (χ1) is 15.0. The summed E-state index contributed by atoms with van der Waals surface area (Å²) in [5.74, 6) is 0.383. The first-order valence-electron chi connectivity index (χ1n) is 10.5. The smallest absolute Gasteiger partial charge is 0.191 e. The van der Waals surface area contributed by atoms with Gasteiger partial charge in [-0.05, 0) is 36.2 Å². The lowest BCUT2D eigenvalue weighted by Gasteiger charge is -2.45. The fourth-order valence-corrected chi connectivity index (χ4v) is 4.58. The average molecular weight is 418 g/mol. The zero-order chi connectivity index (χ0) is 22.6. The van der Waals surface area contributed by atoms with E-state index < -0.39 is 11.3 Å². The van der Waals surface area contributed by atoms with Gasteiger partial charge in [0.25, 0.3) is 0 Å². The predicted octanol–water partition coefficient (Wildman–Crippen LogP) is 3.23. The van der Waals surface area contributed by atoms with Crippen LogP contribution in [0, 0.1) is 45.3 Å². The Morgan fingerprint density at radius 2 is 1.94 bits per heavy atom. The zero-order valence-corrected chi connectivity index (χ0v) is 18.2. The number of allylic oxidation sites excluding steroid dienone is 2. The molecule has 1 heterocycles. The van der Waals surface area contributed by atoms with E-state index in [9.17, 15) is 15.8 Å². The van der Waals surface area contributed by atoms with E-state index in [-0.39, 0.29) is 17.2 Å². The lowest BCUT2D eigenvalue weighted by atomic mass is 9.58. The maximum absolute atomic E-state index is 10.2. The van der Waals surface area contributed by atoms with Gasteiger partial charge in [-0.25, -0.2) is 0 Å². The Morgan fingerprint density at radius 3 is 2.52 bits per heavy atom. The molecule has 0 saturated carbocycles. The van der Waals surface area contributed by atoms with E-state index in [2.05, 4.69) is 30.0 Å². The number of ether oxygens (including phenoxy) is 2. The number of benzene rings is 1. The molecule has 31 heavy (non-hydrogen) atoms. The van der Waals surface area contributed by atoms with Crippen molar-refractivity contribution in [3.63, 3.8) is 0 Å². The van der Waals surface area contributed by atoms with E-state index in [0.29, 0.717) is 31.2 Å². The van der Waals surface area contributed by atoms with Gasteiger partial charge in [-0.1, -0.05) is 26.0 Å². The Balaban J connectivity index is 2.23. The third-order valence-corrected chi connectivity index (χ3v) is 6.20. The number of nitrogens with zero attached hydrogens (tertiary/aromatic N) is 4. The van der Waals surface area contributed by atoms with Crippen molar-refractivity contribution in [3.05, 3.63) is 46.7 Å². The second kappa shape index (κ2) is 9.13. The van der Waals surface area contributed by atoms with Crippen LogP contribution in [-0.2, 0) is 0 Å². The van der Waals surface area contributed by atoms with Crippen LogP contribution >= 0.6 is 0 Å². The van der Waals surface area contributed by atoms with Gasteiger partial charge in [0.15, 0.2) is 16.9 Å². The third-order valence-electron chi connectivity index (χ3n) is 6.20. The van der Waals surface area contributed by atoms with Gasteiger partial charge in [0.1, 0.15) is 6.07 Å². The molecule has 3 rings (SSSR count). The van der Waals surface area contributed by atoms with Crippen LogP contribution in [0.25, 0.3) is 0 Å². The Bertz CT molecular complexity index is 1020. The molecule has 1 aromatic carbocycles. The average Bonchev–Trinajstić information content (AvgIpc) is 2.81. The number of nitrogens with two attached hydrogens (primary N) is 1. The summed E-state index contributed by atoms with van der Waals surface area (Å²) in [5, 5.41) is 30.2. The molecule has 2 N–H and O–H groups in total. The summed E-state index contributed by atoms with van der Waals surface area (Å²) >= 11 is 0. The molecule has 0 saturated heterocycles. The Hall–Kier alpha value is -3.47. The van der Waals surface area contributed by atoms with Crippen LogP contribution in [0.1, 0.15) is 31.7 Å².